The van der Waals surface area contributed by atoms with Crippen molar-refractivity contribution in [2.24, 2.45) is 0 Å². The van der Waals surface area contributed by atoms with E-state index >= 15 is 0 Å². The fourth-order valence-electron chi connectivity index (χ4n) is 1.61. The summed E-state index contributed by atoms with van der Waals surface area (Å²) in [5, 5.41) is 3.53. The maximum atomic E-state index is 13.5. The molecule has 0 aliphatic rings. The standard InChI is InChI=1S/C13H12F2N2/c1-3-8(2)17-12-4-5-16-13-10(12)6-9(14)7-11(13)15/h3-8H,1H2,2H3,(H,16,17). The van der Waals surface area contributed by atoms with Crippen molar-refractivity contribution in [2.45, 2.75) is 13.0 Å². The third-order valence-electron chi connectivity index (χ3n) is 2.50. The van der Waals surface area contributed by atoms with Crippen LogP contribution in [-0.2, 0) is 0 Å². The van der Waals surface area contributed by atoms with E-state index in [0.29, 0.717) is 11.1 Å². The lowest BCUT2D eigenvalue weighted by atomic mass is 10.1. The van der Waals surface area contributed by atoms with Crippen molar-refractivity contribution in [2.75, 3.05) is 5.32 Å². The van der Waals surface area contributed by atoms with E-state index in [4.69, 9.17) is 0 Å². The van der Waals surface area contributed by atoms with Gasteiger partial charge in [0.25, 0.3) is 0 Å². The molecule has 0 amide bonds. The highest BCUT2D eigenvalue weighted by Crippen LogP contribution is 2.25. The third-order valence-corrected chi connectivity index (χ3v) is 2.50. The van der Waals surface area contributed by atoms with Gasteiger partial charge < -0.3 is 5.32 Å². The van der Waals surface area contributed by atoms with E-state index in [1.54, 1.807) is 12.1 Å². The van der Waals surface area contributed by atoms with E-state index in [1.807, 2.05) is 6.92 Å². The molecule has 17 heavy (non-hydrogen) atoms. The van der Waals surface area contributed by atoms with E-state index in [-0.39, 0.29) is 11.6 Å². The molecule has 0 saturated heterocycles. The van der Waals surface area contributed by atoms with Crippen molar-refractivity contribution in [3.8, 4) is 0 Å². The number of anilines is 1. The number of rotatable bonds is 3. The highest BCUT2D eigenvalue weighted by atomic mass is 19.1. The molecule has 2 nitrogen and oxygen atoms in total. The van der Waals surface area contributed by atoms with E-state index < -0.39 is 11.6 Å². The fraction of sp³-hybridized carbons (Fsp3) is 0.154. The smallest absolute Gasteiger partial charge is 0.152 e. The first-order valence-electron chi connectivity index (χ1n) is 5.24. The summed E-state index contributed by atoms with van der Waals surface area (Å²) in [5.74, 6) is -1.27. The Balaban J connectivity index is 2.60. The predicted molar refractivity (Wildman–Crippen MR) is 64.9 cm³/mol. The molecule has 1 unspecified atom stereocenters. The Hall–Kier alpha value is -1.97. The fourth-order valence-corrected chi connectivity index (χ4v) is 1.61. The number of fused-ring (bicyclic) bond motifs is 1. The van der Waals surface area contributed by atoms with Gasteiger partial charge in [0.2, 0.25) is 0 Å². The molecule has 1 heterocycles. The highest BCUT2D eigenvalue weighted by Gasteiger charge is 2.09. The second kappa shape index (κ2) is 4.49. The van der Waals surface area contributed by atoms with Crippen molar-refractivity contribution in [3.05, 3.63) is 48.7 Å². The van der Waals surface area contributed by atoms with Gasteiger partial charge in [0, 0.05) is 29.4 Å². The average molecular weight is 234 g/mol. The molecular formula is C13H12F2N2. The summed E-state index contributed by atoms with van der Waals surface area (Å²) >= 11 is 0. The monoisotopic (exact) mass is 234 g/mol. The molecule has 0 aliphatic heterocycles. The molecule has 88 valence electrons. The number of pyridine rings is 1. The van der Waals surface area contributed by atoms with Gasteiger partial charge in [-0.15, -0.1) is 6.58 Å². The highest BCUT2D eigenvalue weighted by molar-refractivity contribution is 5.91. The van der Waals surface area contributed by atoms with Crippen LogP contribution >= 0.6 is 0 Å². The van der Waals surface area contributed by atoms with Crippen molar-refractivity contribution < 1.29 is 8.78 Å². The van der Waals surface area contributed by atoms with Crippen LogP contribution in [0.4, 0.5) is 14.5 Å². The summed E-state index contributed by atoms with van der Waals surface area (Å²) in [6, 6.07) is 3.78. The lowest BCUT2D eigenvalue weighted by molar-refractivity contribution is 0.590. The second-order valence-corrected chi connectivity index (χ2v) is 3.81. The molecule has 0 bridgehead atoms. The Morgan fingerprint density at radius 3 is 2.88 bits per heavy atom. The number of aromatic nitrogens is 1. The topological polar surface area (TPSA) is 24.9 Å². The first-order valence-corrected chi connectivity index (χ1v) is 5.24. The molecule has 2 aromatic rings. The van der Waals surface area contributed by atoms with Crippen LogP contribution in [0.5, 0.6) is 0 Å². The minimum absolute atomic E-state index is 0.00642. The van der Waals surface area contributed by atoms with Crippen LogP contribution in [0.15, 0.2) is 37.1 Å². The average Bonchev–Trinajstić information content (AvgIpc) is 2.30. The van der Waals surface area contributed by atoms with Crippen LogP contribution in [0.2, 0.25) is 0 Å². The Morgan fingerprint density at radius 2 is 2.18 bits per heavy atom. The molecule has 0 saturated carbocycles. The molecular weight excluding hydrogens is 222 g/mol. The van der Waals surface area contributed by atoms with Gasteiger partial charge >= 0.3 is 0 Å². The van der Waals surface area contributed by atoms with Gasteiger partial charge in [-0.2, -0.15) is 0 Å². The third kappa shape index (κ3) is 2.25. The summed E-state index contributed by atoms with van der Waals surface area (Å²) in [6.07, 6.45) is 3.20. The normalized spacial score (nSPS) is 12.4. The lowest BCUT2D eigenvalue weighted by Crippen LogP contribution is -2.11. The quantitative estimate of drug-likeness (QED) is 0.822. The molecule has 0 spiro atoms. The van der Waals surface area contributed by atoms with E-state index in [0.717, 1.165) is 6.07 Å². The molecule has 0 radical (unpaired) electrons. The van der Waals surface area contributed by atoms with Crippen molar-refractivity contribution in [1.82, 2.24) is 4.98 Å². The van der Waals surface area contributed by atoms with E-state index in [2.05, 4.69) is 16.9 Å². The Bertz CT molecular complexity index is 567. The van der Waals surface area contributed by atoms with E-state index in [9.17, 15) is 8.78 Å². The molecule has 1 atom stereocenters. The van der Waals surface area contributed by atoms with Gasteiger partial charge in [-0.3, -0.25) is 4.98 Å². The minimum Gasteiger partial charge on any atom is -0.379 e. The van der Waals surface area contributed by atoms with Crippen LogP contribution in [0.1, 0.15) is 6.92 Å². The van der Waals surface area contributed by atoms with Crippen molar-refractivity contribution in [1.29, 1.82) is 0 Å². The maximum absolute atomic E-state index is 13.5. The van der Waals surface area contributed by atoms with Gasteiger partial charge in [-0.1, -0.05) is 6.08 Å². The summed E-state index contributed by atoms with van der Waals surface area (Å²) in [4.78, 5) is 3.91. The molecule has 2 rings (SSSR count). The van der Waals surface area contributed by atoms with E-state index in [1.165, 1.54) is 12.3 Å². The SMILES string of the molecule is C=CC(C)Nc1ccnc2c(F)cc(F)cc12. The zero-order valence-corrected chi connectivity index (χ0v) is 9.37. The number of hydrogen-bond donors (Lipinski definition) is 1. The Labute approximate surface area is 98.0 Å². The van der Waals surface area contributed by atoms with Crippen molar-refractivity contribution >= 4 is 16.6 Å². The van der Waals surface area contributed by atoms with Gasteiger partial charge in [-0.05, 0) is 19.1 Å². The van der Waals surface area contributed by atoms with Crippen molar-refractivity contribution in [3.63, 3.8) is 0 Å². The predicted octanol–water partition coefficient (Wildman–Crippen LogP) is 3.50. The summed E-state index contributed by atoms with van der Waals surface area (Å²) in [7, 11) is 0. The first kappa shape index (κ1) is 11.5. The largest absolute Gasteiger partial charge is 0.379 e. The van der Waals surface area contributed by atoms with Crippen LogP contribution in [0, 0.1) is 11.6 Å². The van der Waals surface area contributed by atoms with Crippen LogP contribution in [0.3, 0.4) is 0 Å². The molecule has 0 aliphatic carbocycles. The summed E-state index contributed by atoms with van der Waals surface area (Å²) < 4.78 is 26.7. The van der Waals surface area contributed by atoms with Gasteiger partial charge in [0.05, 0.1) is 0 Å². The van der Waals surface area contributed by atoms with Gasteiger partial charge in [-0.25, -0.2) is 8.78 Å². The lowest BCUT2D eigenvalue weighted by Gasteiger charge is -2.13. The zero-order chi connectivity index (χ0) is 12.4. The zero-order valence-electron chi connectivity index (χ0n) is 9.37. The molecule has 1 N–H and O–H groups in total. The summed E-state index contributed by atoms with van der Waals surface area (Å²) in [6.45, 7) is 5.54. The number of benzene rings is 1. The number of hydrogen-bond acceptors (Lipinski definition) is 2. The maximum Gasteiger partial charge on any atom is 0.152 e. The Morgan fingerprint density at radius 1 is 1.41 bits per heavy atom. The first-order chi connectivity index (χ1) is 8.11. The number of nitrogens with one attached hydrogen (secondary N) is 1. The van der Waals surface area contributed by atoms with Crippen LogP contribution < -0.4 is 5.32 Å². The molecule has 1 aromatic heterocycles. The van der Waals surface area contributed by atoms with Crippen LogP contribution in [-0.4, -0.2) is 11.0 Å². The van der Waals surface area contributed by atoms with Gasteiger partial charge in [0.1, 0.15) is 11.3 Å². The second-order valence-electron chi connectivity index (χ2n) is 3.81. The Kier molecular flexibility index (Phi) is 3.04. The molecule has 1 aromatic carbocycles. The summed E-state index contributed by atoms with van der Waals surface area (Å²) in [5.41, 5.74) is 0.800. The minimum atomic E-state index is -0.657. The molecule has 4 heteroatoms. The van der Waals surface area contributed by atoms with Gasteiger partial charge in [0.15, 0.2) is 5.82 Å². The van der Waals surface area contributed by atoms with Crippen LogP contribution in [0.25, 0.3) is 10.9 Å². The number of halogens is 2. The number of nitrogens with zero attached hydrogens (tertiary/aromatic N) is 1. The molecule has 0 fully saturated rings.